The molecule has 1 saturated heterocycles. The average Bonchev–Trinajstić information content (AvgIpc) is 2.95. The number of carbonyl (C=O) groups excluding carboxylic acids is 1. The van der Waals surface area contributed by atoms with Crippen LogP contribution in [-0.4, -0.2) is 35.6 Å². The summed E-state index contributed by atoms with van der Waals surface area (Å²) in [4.78, 5) is 18.1. The Bertz CT molecular complexity index is 585. The van der Waals surface area contributed by atoms with Crippen LogP contribution >= 0.6 is 0 Å². The second-order valence-electron chi connectivity index (χ2n) is 4.82. The summed E-state index contributed by atoms with van der Waals surface area (Å²) in [5.41, 5.74) is 0.951. The van der Waals surface area contributed by atoms with Crippen LogP contribution in [0.25, 0.3) is 5.65 Å². The van der Waals surface area contributed by atoms with E-state index in [1.165, 1.54) is 7.11 Å². The molecule has 5 heteroatoms. The lowest BCUT2D eigenvalue weighted by Gasteiger charge is -2.32. The van der Waals surface area contributed by atoms with Gasteiger partial charge in [-0.15, -0.1) is 0 Å². The third-order valence-corrected chi connectivity index (χ3v) is 3.76. The van der Waals surface area contributed by atoms with Gasteiger partial charge in [-0.25, -0.2) is 4.98 Å². The number of pyridine rings is 1. The van der Waals surface area contributed by atoms with Crippen LogP contribution in [0.15, 0.2) is 30.6 Å². The largest absolute Gasteiger partial charge is 0.469 e. The van der Waals surface area contributed by atoms with E-state index in [2.05, 4.69) is 20.4 Å². The second-order valence-corrected chi connectivity index (χ2v) is 4.82. The van der Waals surface area contributed by atoms with E-state index in [0.717, 1.165) is 37.4 Å². The van der Waals surface area contributed by atoms with Crippen molar-refractivity contribution in [2.45, 2.75) is 12.8 Å². The van der Waals surface area contributed by atoms with Crippen molar-refractivity contribution in [2.75, 3.05) is 25.1 Å². The average molecular weight is 259 g/mol. The van der Waals surface area contributed by atoms with Crippen LogP contribution < -0.4 is 4.90 Å². The van der Waals surface area contributed by atoms with Gasteiger partial charge in [0.15, 0.2) is 0 Å². The quantitative estimate of drug-likeness (QED) is 0.770. The molecule has 1 aliphatic rings. The molecule has 0 radical (unpaired) electrons. The molecule has 100 valence electrons. The van der Waals surface area contributed by atoms with E-state index in [-0.39, 0.29) is 11.9 Å². The topological polar surface area (TPSA) is 46.8 Å². The molecular formula is C14H17N3O2. The fourth-order valence-electron chi connectivity index (χ4n) is 2.70. The number of rotatable bonds is 2. The SMILES string of the molecule is COC(=O)C1CCN(c2cccc3nccn23)CC1. The highest BCUT2D eigenvalue weighted by molar-refractivity contribution is 5.72. The van der Waals surface area contributed by atoms with Crippen LogP contribution in [0.2, 0.25) is 0 Å². The van der Waals surface area contributed by atoms with E-state index in [9.17, 15) is 4.79 Å². The van der Waals surface area contributed by atoms with Crippen molar-refractivity contribution in [3.05, 3.63) is 30.6 Å². The summed E-state index contributed by atoms with van der Waals surface area (Å²) >= 11 is 0. The molecule has 3 heterocycles. The van der Waals surface area contributed by atoms with E-state index in [1.807, 2.05) is 18.3 Å². The lowest BCUT2D eigenvalue weighted by molar-refractivity contribution is -0.146. The minimum absolute atomic E-state index is 0.0447. The number of hydrogen-bond donors (Lipinski definition) is 0. The minimum atomic E-state index is -0.0829. The lowest BCUT2D eigenvalue weighted by atomic mass is 9.97. The molecule has 2 aromatic heterocycles. The van der Waals surface area contributed by atoms with Gasteiger partial charge in [0.2, 0.25) is 0 Å². The van der Waals surface area contributed by atoms with Crippen molar-refractivity contribution in [3.8, 4) is 0 Å². The van der Waals surface area contributed by atoms with Gasteiger partial charge in [-0.05, 0) is 25.0 Å². The van der Waals surface area contributed by atoms with Crippen LogP contribution in [0, 0.1) is 5.92 Å². The maximum atomic E-state index is 11.5. The molecule has 0 aromatic carbocycles. The Hall–Kier alpha value is -2.04. The third-order valence-electron chi connectivity index (χ3n) is 3.76. The van der Waals surface area contributed by atoms with Gasteiger partial charge < -0.3 is 9.64 Å². The molecule has 0 amide bonds. The van der Waals surface area contributed by atoms with Gasteiger partial charge in [0, 0.05) is 25.5 Å². The molecule has 5 nitrogen and oxygen atoms in total. The van der Waals surface area contributed by atoms with Gasteiger partial charge in [0.05, 0.1) is 13.0 Å². The van der Waals surface area contributed by atoms with E-state index in [0.29, 0.717) is 0 Å². The molecule has 2 aromatic rings. The molecule has 0 aliphatic carbocycles. The Morgan fingerprint density at radius 2 is 2.16 bits per heavy atom. The van der Waals surface area contributed by atoms with Crippen molar-refractivity contribution in [3.63, 3.8) is 0 Å². The number of hydrogen-bond acceptors (Lipinski definition) is 4. The van der Waals surface area contributed by atoms with Gasteiger partial charge in [-0.2, -0.15) is 0 Å². The van der Waals surface area contributed by atoms with Crippen LogP contribution in [0.5, 0.6) is 0 Å². The number of carbonyl (C=O) groups is 1. The fourth-order valence-corrected chi connectivity index (χ4v) is 2.70. The summed E-state index contributed by atoms with van der Waals surface area (Å²) in [6, 6.07) is 6.10. The van der Waals surface area contributed by atoms with Crippen molar-refractivity contribution in [1.82, 2.24) is 9.38 Å². The Morgan fingerprint density at radius 3 is 2.89 bits per heavy atom. The van der Waals surface area contributed by atoms with Crippen LogP contribution in [0.1, 0.15) is 12.8 Å². The molecule has 1 fully saturated rings. The van der Waals surface area contributed by atoms with Crippen molar-refractivity contribution >= 4 is 17.4 Å². The number of anilines is 1. The smallest absolute Gasteiger partial charge is 0.308 e. The maximum Gasteiger partial charge on any atom is 0.308 e. The summed E-state index contributed by atoms with van der Waals surface area (Å²) < 4.78 is 6.90. The maximum absolute atomic E-state index is 11.5. The standard InChI is InChI=1S/C14H17N3O2/c1-19-14(18)11-5-8-16(9-6-11)13-4-2-3-12-15-7-10-17(12)13/h2-4,7,10-11H,5-6,8-9H2,1H3. The van der Waals surface area contributed by atoms with Crippen LogP contribution in [0.4, 0.5) is 5.82 Å². The van der Waals surface area contributed by atoms with Gasteiger partial charge in [-0.3, -0.25) is 9.20 Å². The fraction of sp³-hybridized carbons (Fsp3) is 0.429. The first-order valence-electron chi connectivity index (χ1n) is 6.54. The molecule has 1 aliphatic heterocycles. The Morgan fingerprint density at radius 1 is 1.37 bits per heavy atom. The van der Waals surface area contributed by atoms with Crippen molar-refractivity contribution in [1.29, 1.82) is 0 Å². The molecule has 0 bridgehead atoms. The highest BCUT2D eigenvalue weighted by Crippen LogP contribution is 2.24. The number of nitrogens with zero attached hydrogens (tertiary/aromatic N) is 3. The predicted molar refractivity (Wildman–Crippen MR) is 72.1 cm³/mol. The Balaban J connectivity index is 1.78. The summed E-state index contributed by atoms with van der Waals surface area (Å²) in [5.74, 6) is 1.10. The monoisotopic (exact) mass is 259 g/mol. The Labute approximate surface area is 111 Å². The molecule has 3 rings (SSSR count). The summed E-state index contributed by atoms with van der Waals surface area (Å²) in [7, 11) is 1.46. The molecule has 0 atom stereocenters. The molecule has 0 saturated carbocycles. The summed E-state index contributed by atoms with van der Waals surface area (Å²) in [6.45, 7) is 1.74. The second kappa shape index (κ2) is 4.91. The summed E-state index contributed by atoms with van der Waals surface area (Å²) in [6.07, 6.45) is 5.46. The first-order valence-corrected chi connectivity index (χ1v) is 6.54. The van der Waals surface area contributed by atoms with Crippen LogP contribution in [-0.2, 0) is 9.53 Å². The number of imidazole rings is 1. The molecule has 0 N–H and O–H groups in total. The normalized spacial score (nSPS) is 16.8. The van der Waals surface area contributed by atoms with Gasteiger partial charge in [-0.1, -0.05) is 6.07 Å². The zero-order valence-electron chi connectivity index (χ0n) is 11.0. The van der Waals surface area contributed by atoms with Crippen molar-refractivity contribution < 1.29 is 9.53 Å². The predicted octanol–water partition coefficient (Wildman–Crippen LogP) is 1.72. The molecular weight excluding hydrogens is 242 g/mol. The number of esters is 1. The minimum Gasteiger partial charge on any atom is -0.469 e. The van der Waals surface area contributed by atoms with Crippen molar-refractivity contribution in [2.24, 2.45) is 5.92 Å². The Kier molecular flexibility index (Phi) is 3.11. The first kappa shape index (κ1) is 12.0. The number of ether oxygens (including phenoxy) is 1. The molecule has 19 heavy (non-hydrogen) atoms. The number of fused-ring (bicyclic) bond motifs is 1. The van der Waals surface area contributed by atoms with E-state index < -0.39 is 0 Å². The highest BCUT2D eigenvalue weighted by Gasteiger charge is 2.26. The van der Waals surface area contributed by atoms with Gasteiger partial charge in [0.25, 0.3) is 0 Å². The van der Waals surface area contributed by atoms with Crippen LogP contribution in [0.3, 0.4) is 0 Å². The molecule has 0 unspecified atom stereocenters. The number of piperidine rings is 1. The third kappa shape index (κ3) is 2.16. The van der Waals surface area contributed by atoms with E-state index in [4.69, 9.17) is 4.74 Å². The number of methoxy groups -OCH3 is 1. The molecule has 0 spiro atoms. The zero-order valence-corrected chi connectivity index (χ0v) is 11.0. The first-order chi connectivity index (χ1) is 9.29. The summed E-state index contributed by atoms with van der Waals surface area (Å²) in [5, 5.41) is 0. The van der Waals surface area contributed by atoms with E-state index >= 15 is 0 Å². The van der Waals surface area contributed by atoms with Gasteiger partial charge in [0.1, 0.15) is 11.5 Å². The zero-order chi connectivity index (χ0) is 13.2. The highest BCUT2D eigenvalue weighted by atomic mass is 16.5. The number of aromatic nitrogens is 2. The van der Waals surface area contributed by atoms with E-state index in [1.54, 1.807) is 6.20 Å². The lowest BCUT2D eigenvalue weighted by Crippen LogP contribution is -2.37. The van der Waals surface area contributed by atoms with Gasteiger partial charge >= 0.3 is 5.97 Å².